The van der Waals surface area contributed by atoms with Gasteiger partial charge in [0.1, 0.15) is 6.79 Å². The molecule has 0 spiro atoms. The van der Waals surface area contributed by atoms with E-state index in [9.17, 15) is 0 Å². The van der Waals surface area contributed by atoms with Crippen molar-refractivity contribution in [2.24, 2.45) is 5.73 Å². The second kappa shape index (κ2) is 7.57. The molecule has 1 fully saturated rings. The molecule has 0 radical (unpaired) electrons. The van der Waals surface area contributed by atoms with Crippen LogP contribution in [0.4, 0.5) is 0 Å². The SMILES string of the molecule is C1COCO1.N[CH2][Pt]. The maximum absolute atomic E-state index is 4.83. The molecule has 0 atom stereocenters. The molecule has 1 rings (SSSR count). The molecular weight excluding hydrogens is 289 g/mol. The Labute approximate surface area is 60.4 Å². The van der Waals surface area contributed by atoms with Crippen molar-refractivity contribution in [2.75, 3.05) is 24.9 Å². The van der Waals surface area contributed by atoms with Crippen molar-refractivity contribution in [1.29, 1.82) is 0 Å². The summed E-state index contributed by atoms with van der Waals surface area (Å²) in [6.07, 6.45) is 0. The summed E-state index contributed by atoms with van der Waals surface area (Å²) in [5.41, 5.74) is 4.83. The first-order chi connectivity index (χ1) is 3.91. The van der Waals surface area contributed by atoms with Gasteiger partial charge in [-0.05, 0) is 0 Å². The predicted octanol–water partition coefficient (Wildman–Crippen LogP) is -0.560. The van der Waals surface area contributed by atoms with Crippen LogP contribution in [0.5, 0.6) is 0 Å². The van der Waals surface area contributed by atoms with Crippen LogP contribution in [0.1, 0.15) is 0 Å². The van der Waals surface area contributed by atoms with E-state index >= 15 is 0 Å². The van der Waals surface area contributed by atoms with Crippen LogP contribution in [0.3, 0.4) is 0 Å². The van der Waals surface area contributed by atoms with Crippen LogP contribution >= 0.6 is 0 Å². The Morgan fingerprint density at radius 2 is 1.75 bits per heavy atom. The molecule has 3 nitrogen and oxygen atoms in total. The van der Waals surface area contributed by atoms with Crippen molar-refractivity contribution < 1.29 is 29.3 Å². The molecule has 4 heteroatoms. The first-order valence-electron chi connectivity index (χ1n) is 2.29. The van der Waals surface area contributed by atoms with Crippen LogP contribution in [-0.4, -0.2) is 24.9 Å². The third-order valence-electron chi connectivity index (χ3n) is 0.539. The molecule has 1 aliphatic rings. The summed E-state index contributed by atoms with van der Waals surface area (Å²) in [5.74, 6) is 0. The first-order valence-corrected chi connectivity index (χ1v) is 3.89. The van der Waals surface area contributed by atoms with Gasteiger partial charge in [-0.1, -0.05) is 0 Å². The van der Waals surface area contributed by atoms with Gasteiger partial charge >= 0.3 is 30.5 Å². The van der Waals surface area contributed by atoms with Gasteiger partial charge < -0.3 is 9.47 Å². The molecule has 1 heterocycles. The summed E-state index contributed by atoms with van der Waals surface area (Å²) >= 11 is 2.05. The van der Waals surface area contributed by atoms with Crippen LogP contribution in [0.25, 0.3) is 0 Å². The van der Waals surface area contributed by atoms with E-state index in [-0.39, 0.29) is 0 Å². The maximum atomic E-state index is 4.83. The minimum atomic E-state index is 0.500. The van der Waals surface area contributed by atoms with E-state index in [0.717, 1.165) is 18.1 Å². The topological polar surface area (TPSA) is 44.5 Å². The quantitative estimate of drug-likeness (QED) is 0.652. The molecule has 2 N–H and O–H groups in total. The van der Waals surface area contributed by atoms with Crippen molar-refractivity contribution in [1.82, 2.24) is 0 Å². The van der Waals surface area contributed by atoms with Gasteiger partial charge in [-0.15, -0.1) is 0 Å². The van der Waals surface area contributed by atoms with Crippen molar-refractivity contribution in [3.63, 3.8) is 0 Å². The summed E-state index contributed by atoms with van der Waals surface area (Å²) in [5, 5.41) is 0. The average molecular weight is 299 g/mol. The van der Waals surface area contributed by atoms with Gasteiger partial charge in [-0.25, -0.2) is 0 Å². The fourth-order valence-corrected chi connectivity index (χ4v) is 0.295. The zero-order valence-electron chi connectivity index (χ0n) is 4.54. The molecule has 1 aliphatic heterocycles. The Bertz CT molecular complexity index is 33.4. The third-order valence-corrected chi connectivity index (χ3v) is 0.539. The molecule has 0 saturated carbocycles. The molecule has 0 aliphatic carbocycles. The normalized spacial score (nSPS) is 17.4. The number of rotatable bonds is 0. The van der Waals surface area contributed by atoms with E-state index in [1.807, 2.05) is 0 Å². The Morgan fingerprint density at radius 1 is 1.38 bits per heavy atom. The zero-order valence-corrected chi connectivity index (χ0v) is 6.81. The molecule has 8 heavy (non-hydrogen) atoms. The van der Waals surface area contributed by atoms with E-state index in [4.69, 9.17) is 15.2 Å². The van der Waals surface area contributed by atoms with E-state index in [0.29, 0.717) is 6.79 Å². The fourth-order valence-electron chi connectivity index (χ4n) is 0.295. The summed E-state index contributed by atoms with van der Waals surface area (Å²) < 4.78 is 9.44. The van der Waals surface area contributed by atoms with Gasteiger partial charge in [0.25, 0.3) is 0 Å². The molecule has 0 bridgehead atoms. The van der Waals surface area contributed by atoms with Crippen molar-refractivity contribution >= 4 is 0 Å². The van der Waals surface area contributed by atoms with Crippen molar-refractivity contribution in [3.05, 3.63) is 0 Å². The third kappa shape index (κ3) is 6.57. The van der Waals surface area contributed by atoms with Gasteiger partial charge in [0.15, 0.2) is 0 Å². The van der Waals surface area contributed by atoms with Crippen LogP contribution < -0.4 is 5.73 Å². The predicted molar refractivity (Wildman–Crippen MR) is 25.8 cm³/mol. The number of nitrogens with two attached hydrogens (primary N) is 1. The summed E-state index contributed by atoms with van der Waals surface area (Å²) in [6, 6.07) is 0. The summed E-state index contributed by atoms with van der Waals surface area (Å²) in [4.78, 5) is 0.722. The first kappa shape index (κ1) is 8.57. The zero-order chi connectivity index (χ0) is 6.24. The molecule has 53 valence electrons. The van der Waals surface area contributed by atoms with E-state index in [1.54, 1.807) is 0 Å². The number of hydrogen-bond acceptors (Lipinski definition) is 3. The van der Waals surface area contributed by atoms with E-state index in [2.05, 4.69) is 19.8 Å². The Morgan fingerprint density at radius 3 is 1.88 bits per heavy atom. The Balaban J connectivity index is 0.000000145. The van der Waals surface area contributed by atoms with Gasteiger partial charge in [-0.2, -0.15) is 0 Å². The average Bonchev–Trinajstić information content (AvgIpc) is 2.17. The fraction of sp³-hybridized carbons (Fsp3) is 1.00. The summed E-state index contributed by atoms with van der Waals surface area (Å²) in [6.45, 7) is 2.06. The van der Waals surface area contributed by atoms with Crippen molar-refractivity contribution in [3.8, 4) is 0 Å². The molecular formula is C4H10NO2Pt. The number of ether oxygens (including phenoxy) is 2. The van der Waals surface area contributed by atoms with Crippen LogP contribution in [0.15, 0.2) is 0 Å². The molecule has 0 aromatic rings. The second-order valence-corrected chi connectivity index (χ2v) is 1.99. The minimum absolute atomic E-state index is 0.500. The van der Waals surface area contributed by atoms with Crippen LogP contribution in [-0.2, 0) is 29.3 Å². The Kier molecular flexibility index (Phi) is 8.11. The van der Waals surface area contributed by atoms with Crippen LogP contribution in [0, 0.1) is 0 Å². The molecule has 1 saturated heterocycles. The van der Waals surface area contributed by atoms with Gasteiger partial charge in [0.2, 0.25) is 0 Å². The van der Waals surface area contributed by atoms with E-state index in [1.165, 1.54) is 0 Å². The number of hydrogen-bond donors (Lipinski definition) is 1. The second-order valence-electron chi connectivity index (χ2n) is 1.06. The monoisotopic (exact) mass is 299 g/mol. The van der Waals surface area contributed by atoms with E-state index < -0.39 is 0 Å². The Hall–Kier alpha value is 0.568. The van der Waals surface area contributed by atoms with Crippen molar-refractivity contribution in [2.45, 2.75) is 0 Å². The van der Waals surface area contributed by atoms with Crippen LogP contribution in [0.2, 0.25) is 0 Å². The van der Waals surface area contributed by atoms with Gasteiger partial charge in [0, 0.05) is 0 Å². The molecule has 0 aromatic heterocycles. The molecule has 0 unspecified atom stereocenters. The standard InChI is InChI=1S/C3H6O2.CH4N.Pt/c1-2-5-3-4-1;1-2;/h1-3H2;1-2H2;. The van der Waals surface area contributed by atoms with Gasteiger partial charge in [0.05, 0.1) is 13.2 Å². The molecule has 0 amide bonds. The summed E-state index contributed by atoms with van der Waals surface area (Å²) in [7, 11) is 0. The molecule has 0 aromatic carbocycles. The van der Waals surface area contributed by atoms with Gasteiger partial charge in [-0.3, -0.25) is 0 Å².